The first kappa shape index (κ1) is 16.3. The van der Waals surface area contributed by atoms with Gasteiger partial charge in [0.15, 0.2) is 0 Å². The number of rotatable bonds is 4. The lowest BCUT2D eigenvalue weighted by Crippen LogP contribution is -2.50. The molecule has 1 saturated heterocycles. The third-order valence-corrected chi connectivity index (χ3v) is 6.68. The monoisotopic (exact) mass is 331 g/mol. The highest BCUT2D eigenvalue weighted by Gasteiger charge is 2.29. The van der Waals surface area contributed by atoms with E-state index in [1.165, 1.54) is 15.6 Å². The molecule has 2 N–H and O–H groups in total. The lowest BCUT2D eigenvalue weighted by atomic mass is 10.3. The highest BCUT2D eigenvalue weighted by molar-refractivity contribution is 7.89. The van der Waals surface area contributed by atoms with E-state index in [9.17, 15) is 13.2 Å². The van der Waals surface area contributed by atoms with Crippen LogP contribution in [0.4, 0.5) is 5.69 Å². The van der Waals surface area contributed by atoms with Gasteiger partial charge >= 0.3 is 0 Å². The van der Waals surface area contributed by atoms with Crippen LogP contribution in [0.15, 0.2) is 6.07 Å². The van der Waals surface area contributed by atoms with Crippen molar-refractivity contribution in [2.45, 2.75) is 20.3 Å². The molecule has 0 aliphatic carbocycles. The number of thiophene rings is 1. The highest BCUT2D eigenvalue weighted by Crippen LogP contribution is 2.25. The summed E-state index contributed by atoms with van der Waals surface area (Å²) in [7, 11) is -3.17. The molecular formula is C13H21N3O3S2. The average molecular weight is 331 g/mol. The van der Waals surface area contributed by atoms with Crippen molar-refractivity contribution in [1.29, 1.82) is 0 Å². The smallest absolute Gasteiger partial charge is 0.264 e. The number of amides is 1. The number of sulfonamides is 1. The Hall–Kier alpha value is -1.12. The Bertz CT molecular complexity index is 597. The van der Waals surface area contributed by atoms with Crippen molar-refractivity contribution in [3.63, 3.8) is 0 Å². The highest BCUT2D eigenvalue weighted by atomic mass is 32.2. The second-order valence-corrected chi connectivity index (χ2v) is 8.47. The molecular weight excluding hydrogens is 310 g/mol. The van der Waals surface area contributed by atoms with Crippen molar-refractivity contribution >= 4 is 33.0 Å². The van der Waals surface area contributed by atoms with E-state index in [0.717, 1.165) is 4.88 Å². The second-order valence-electron chi connectivity index (χ2n) is 5.13. The number of carbonyl (C=O) groups is 1. The van der Waals surface area contributed by atoms with Gasteiger partial charge in [0.2, 0.25) is 10.0 Å². The summed E-state index contributed by atoms with van der Waals surface area (Å²) in [5, 5.41) is 0. The van der Waals surface area contributed by atoms with Crippen molar-refractivity contribution in [3.8, 4) is 0 Å². The van der Waals surface area contributed by atoms with Gasteiger partial charge in [-0.15, -0.1) is 11.3 Å². The van der Waals surface area contributed by atoms with Gasteiger partial charge in [0.05, 0.1) is 10.6 Å². The van der Waals surface area contributed by atoms with Gasteiger partial charge < -0.3 is 10.6 Å². The number of carbonyl (C=O) groups excluding carboxylic acids is 1. The first-order valence-electron chi connectivity index (χ1n) is 6.98. The molecule has 1 aliphatic rings. The first-order valence-corrected chi connectivity index (χ1v) is 9.40. The lowest BCUT2D eigenvalue weighted by Gasteiger charge is -2.33. The summed E-state index contributed by atoms with van der Waals surface area (Å²) in [6.07, 6.45) is 0.606. The molecule has 0 bridgehead atoms. The summed E-state index contributed by atoms with van der Waals surface area (Å²) in [4.78, 5) is 15.6. The maximum atomic E-state index is 12.4. The molecule has 0 saturated carbocycles. The maximum Gasteiger partial charge on any atom is 0.264 e. The molecule has 1 aliphatic heterocycles. The Morgan fingerprint density at radius 3 is 2.43 bits per heavy atom. The molecule has 2 heterocycles. The predicted molar refractivity (Wildman–Crippen MR) is 85.0 cm³/mol. The quantitative estimate of drug-likeness (QED) is 0.896. The van der Waals surface area contributed by atoms with Gasteiger partial charge in [0.25, 0.3) is 5.91 Å². The Morgan fingerprint density at radius 1 is 1.33 bits per heavy atom. The number of anilines is 1. The maximum absolute atomic E-state index is 12.4. The van der Waals surface area contributed by atoms with Gasteiger partial charge in [-0.05, 0) is 19.4 Å². The fourth-order valence-electron chi connectivity index (χ4n) is 2.31. The Labute approximate surface area is 129 Å². The summed E-state index contributed by atoms with van der Waals surface area (Å²) in [5.74, 6) is 0.106. The normalized spacial score (nSPS) is 17.1. The number of nitrogens with two attached hydrogens (primary N) is 1. The van der Waals surface area contributed by atoms with E-state index >= 15 is 0 Å². The van der Waals surface area contributed by atoms with Crippen LogP contribution in [0.25, 0.3) is 0 Å². The lowest BCUT2D eigenvalue weighted by molar-refractivity contribution is 0.0703. The van der Waals surface area contributed by atoms with E-state index in [2.05, 4.69) is 0 Å². The molecule has 0 atom stereocenters. The Kier molecular flexibility index (Phi) is 4.90. The van der Waals surface area contributed by atoms with E-state index in [0.29, 0.717) is 43.2 Å². The summed E-state index contributed by atoms with van der Waals surface area (Å²) >= 11 is 1.38. The molecule has 6 nitrogen and oxygen atoms in total. The van der Waals surface area contributed by atoms with Crippen LogP contribution in [0, 0.1) is 6.92 Å². The minimum absolute atomic E-state index is 0.0626. The fourth-order valence-corrected chi connectivity index (χ4v) is 4.72. The third-order valence-electron chi connectivity index (χ3n) is 3.55. The van der Waals surface area contributed by atoms with Crippen LogP contribution >= 0.6 is 11.3 Å². The van der Waals surface area contributed by atoms with E-state index in [4.69, 9.17) is 5.73 Å². The van der Waals surface area contributed by atoms with E-state index in [-0.39, 0.29) is 11.7 Å². The standard InChI is InChI=1S/C13H21N3O3S2/c1-3-8-21(18,19)16-6-4-15(5-7-16)13(17)12-9-11(14)10(2)20-12/h9H,3-8,14H2,1-2H3. The molecule has 0 radical (unpaired) electrons. The van der Waals surface area contributed by atoms with Crippen LogP contribution in [0.2, 0.25) is 0 Å². The SMILES string of the molecule is CCCS(=O)(=O)N1CCN(C(=O)c2cc(N)c(C)s2)CC1. The molecule has 0 aromatic carbocycles. The van der Waals surface area contributed by atoms with E-state index in [1.807, 2.05) is 13.8 Å². The number of nitrogen functional groups attached to an aromatic ring is 1. The average Bonchev–Trinajstić information content (AvgIpc) is 2.78. The van der Waals surface area contributed by atoms with Crippen molar-refractivity contribution < 1.29 is 13.2 Å². The zero-order valence-electron chi connectivity index (χ0n) is 12.3. The largest absolute Gasteiger partial charge is 0.398 e. The molecule has 1 aromatic rings. The summed E-state index contributed by atoms with van der Waals surface area (Å²) in [6.45, 7) is 5.33. The minimum Gasteiger partial charge on any atom is -0.398 e. The molecule has 1 aromatic heterocycles. The van der Waals surface area contributed by atoms with Gasteiger partial charge in [-0.1, -0.05) is 6.92 Å². The third kappa shape index (κ3) is 3.56. The summed E-state index contributed by atoms with van der Waals surface area (Å²) in [5.41, 5.74) is 6.40. The molecule has 21 heavy (non-hydrogen) atoms. The van der Waals surface area contributed by atoms with Crippen molar-refractivity contribution in [1.82, 2.24) is 9.21 Å². The number of aryl methyl sites for hydroxylation is 1. The Balaban J connectivity index is 1.99. The van der Waals surface area contributed by atoms with E-state index in [1.54, 1.807) is 11.0 Å². The fraction of sp³-hybridized carbons (Fsp3) is 0.615. The molecule has 1 fully saturated rings. The van der Waals surface area contributed by atoms with Crippen LogP contribution in [-0.2, 0) is 10.0 Å². The Morgan fingerprint density at radius 2 is 1.95 bits per heavy atom. The molecule has 1 amide bonds. The molecule has 2 rings (SSSR count). The molecule has 118 valence electrons. The van der Waals surface area contributed by atoms with Gasteiger partial charge in [-0.2, -0.15) is 4.31 Å². The van der Waals surface area contributed by atoms with Crippen LogP contribution in [0.5, 0.6) is 0 Å². The van der Waals surface area contributed by atoms with Crippen molar-refractivity contribution in [2.24, 2.45) is 0 Å². The van der Waals surface area contributed by atoms with Crippen LogP contribution in [0.3, 0.4) is 0 Å². The number of hydrogen-bond donors (Lipinski definition) is 1. The van der Waals surface area contributed by atoms with Gasteiger partial charge in [0.1, 0.15) is 0 Å². The van der Waals surface area contributed by atoms with Crippen LogP contribution in [0.1, 0.15) is 27.9 Å². The second kappa shape index (κ2) is 6.33. The number of piperazine rings is 1. The number of nitrogens with zero attached hydrogens (tertiary/aromatic N) is 2. The summed E-state index contributed by atoms with van der Waals surface area (Å²) < 4.78 is 25.5. The van der Waals surface area contributed by atoms with Gasteiger partial charge in [0, 0.05) is 36.7 Å². The van der Waals surface area contributed by atoms with Crippen molar-refractivity contribution in [2.75, 3.05) is 37.7 Å². The predicted octanol–water partition coefficient (Wildman–Crippen LogP) is 1.14. The topological polar surface area (TPSA) is 83.7 Å². The molecule has 8 heteroatoms. The molecule has 0 spiro atoms. The number of hydrogen-bond acceptors (Lipinski definition) is 5. The van der Waals surface area contributed by atoms with Gasteiger partial charge in [-0.3, -0.25) is 4.79 Å². The van der Waals surface area contributed by atoms with E-state index < -0.39 is 10.0 Å². The van der Waals surface area contributed by atoms with Gasteiger partial charge in [-0.25, -0.2) is 8.42 Å². The molecule has 0 unspecified atom stereocenters. The van der Waals surface area contributed by atoms with Crippen LogP contribution in [-0.4, -0.2) is 55.5 Å². The van der Waals surface area contributed by atoms with Crippen LogP contribution < -0.4 is 5.73 Å². The minimum atomic E-state index is -3.17. The zero-order valence-corrected chi connectivity index (χ0v) is 14.0. The first-order chi connectivity index (χ1) is 9.85. The van der Waals surface area contributed by atoms with Crippen molar-refractivity contribution in [3.05, 3.63) is 15.8 Å². The zero-order chi connectivity index (χ0) is 15.6. The summed E-state index contributed by atoms with van der Waals surface area (Å²) in [6, 6.07) is 1.70.